The number of fused-ring (bicyclic) bond motifs is 8. The van der Waals surface area contributed by atoms with Crippen molar-refractivity contribution in [2.75, 3.05) is 46.4 Å². The minimum Gasteiger partial charge on any atom is -0.497 e. The average molecular weight is 751 g/mol. The van der Waals surface area contributed by atoms with Crippen LogP contribution in [0.15, 0.2) is 42.5 Å². The van der Waals surface area contributed by atoms with Crippen LogP contribution in [-0.2, 0) is 45.8 Å². The third-order valence-corrected chi connectivity index (χ3v) is 16.1. The van der Waals surface area contributed by atoms with Crippen LogP contribution < -0.4 is 9.64 Å². The Bertz CT molecular complexity index is 2130. The maximum atomic E-state index is 15.5. The first-order valence-corrected chi connectivity index (χ1v) is 20.5. The van der Waals surface area contributed by atoms with Crippen molar-refractivity contribution in [2.24, 2.45) is 11.3 Å². The largest absolute Gasteiger partial charge is 0.497 e. The van der Waals surface area contributed by atoms with Gasteiger partial charge in [-0.15, -0.1) is 0 Å². The fraction of sp³-hybridized carbons (Fsp3) is 0.614. The van der Waals surface area contributed by atoms with Gasteiger partial charge in [0, 0.05) is 66.4 Å². The van der Waals surface area contributed by atoms with Crippen LogP contribution >= 0.6 is 0 Å². The van der Waals surface area contributed by atoms with Crippen molar-refractivity contribution in [3.05, 3.63) is 59.3 Å². The summed E-state index contributed by atoms with van der Waals surface area (Å²) in [5, 5.41) is 1.11. The fourth-order valence-corrected chi connectivity index (χ4v) is 14.2. The van der Waals surface area contributed by atoms with Crippen LogP contribution in [-0.4, -0.2) is 104 Å². The number of piperidine rings is 2. The van der Waals surface area contributed by atoms with Gasteiger partial charge in [-0.05, 0) is 87.0 Å². The van der Waals surface area contributed by atoms with E-state index in [1.807, 2.05) is 30.1 Å². The van der Waals surface area contributed by atoms with Crippen molar-refractivity contribution in [1.82, 2.24) is 14.8 Å². The lowest BCUT2D eigenvalue weighted by Gasteiger charge is -2.58. The number of methoxy groups -OCH3 is 3. The molecule has 10 rings (SSSR count). The molecule has 1 amide bonds. The zero-order valence-electron chi connectivity index (χ0n) is 33.0. The Labute approximate surface area is 323 Å². The first-order chi connectivity index (χ1) is 26.6. The summed E-state index contributed by atoms with van der Waals surface area (Å²) in [6, 6.07) is 13.9. The first kappa shape index (κ1) is 35.3. The number of carbonyl (C=O) groups excluding carboxylic acids is 3. The third-order valence-electron chi connectivity index (χ3n) is 16.1. The summed E-state index contributed by atoms with van der Waals surface area (Å²) < 4.78 is 25.1. The van der Waals surface area contributed by atoms with E-state index in [0.29, 0.717) is 50.3 Å². The van der Waals surface area contributed by atoms with Crippen molar-refractivity contribution < 1.29 is 33.3 Å². The summed E-state index contributed by atoms with van der Waals surface area (Å²) in [6.07, 6.45) is 6.91. The molecule has 1 aromatic heterocycles. The quantitative estimate of drug-likeness (QED) is 0.321. The zero-order chi connectivity index (χ0) is 38.3. The smallest absolute Gasteiger partial charge is 0.340 e. The number of aromatic amines is 1. The molecule has 0 aliphatic carbocycles. The number of esters is 2. The molecule has 5 fully saturated rings. The van der Waals surface area contributed by atoms with Gasteiger partial charge in [0.15, 0.2) is 11.3 Å². The Morgan fingerprint density at radius 2 is 1.80 bits per heavy atom. The van der Waals surface area contributed by atoms with E-state index in [0.717, 1.165) is 72.2 Å². The average Bonchev–Trinajstić information content (AvgIpc) is 3.96. The van der Waals surface area contributed by atoms with Gasteiger partial charge in [-0.2, -0.15) is 0 Å². The standard InChI is InChI=1S/C44H54N4O7/c1-7-27-14-13-26-22-41(38(50)53-5,36-30(18-20-47(27)24-26)29-11-9-10-12-32(29)45-36)34-23-42-31-16-15-28(52-4)21-33(31)46(3)37(42)43(39(51)54-6)25-40(8-2)19-17-35(49)48(34)44(40,42)55-43/h9-12,15-16,21,26-27,34,37,45H,7-8,13-14,17-20,22-25H2,1-6H3/t26?,27?,34?,37-,40+,41+,42?,43-,44+/m1/s1. The molecular weight excluding hydrogens is 697 g/mol. The van der Waals surface area contributed by atoms with E-state index in [9.17, 15) is 4.79 Å². The highest BCUT2D eigenvalue weighted by atomic mass is 16.6. The van der Waals surface area contributed by atoms with E-state index in [1.54, 1.807) is 7.11 Å². The van der Waals surface area contributed by atoms with E-state index >= 15 is 9.59 Å². The van der Waals surface area contributed by atoms with Gasteiger partial charge in [0.25, 0.3) is 0 Å². The summed E-state index contributed by atoms with van der Waals surface area (Å²) in [6.45, 7) is 6.25. The number of H-pyrrole nitrogens is 1. The van der Waals surface area contributed by atoms with Gasteiger partial charge in [0.05, 0.1) is 38.8 Å². The molecule has 8 heterocycles. The molecule has 0 radical (unpaired) electrons. The summed E-state index contributed by atoms with van der Waals surface area (Å²) >= 11 is 0. The van der Waals surface area contributed by atoms with Crippen molar-refractivity contribution >= 4 is 34.4 Å². The van der Waals surface area contributed by atoms with Crippen LogP contribution in [0.5, 0.6) is 5.75 Å². The van der Waals surface area contributed by atoms with Crippen LogP contribution in [0.3, 0.4) is 0 Å². The number of aromatic nitrogens is 1. The number of benzene rings is 2. The Morgan fingerprint density at radius 1 is 1.00 bits per heavy atom. The second-order valence-corrected chi connectivity index (χ2v) is 17.7. The molecule has 3 aromatic rings. The molecule has 1 N–H and O–H groups in total. The molecule has 4 bridgehead atoms. The number of amides is 1. The van der Waals surface area contributed by atoms with Crippen LogP contribution in [0.1, 0.15) is 88.5 Å². The lowest BCUT2D eigenvalue weighted by Crippen LogP contribution is -2.72. The second kappa shape index (κ2) is 11.7. The number of hydrogen-bond acceptors (Lipinski definition) is 9. The van der Waals surface area contributed by atoms with Gasteiger partial charge in [-0.3, -0.25) is 14.5 Å². The number of ether oxygens (including phenoxy) is 4. The van der Waals surface area contributed by atoms with Crippen molar-refractivity contribution in [3.8, 4) is 5.75 Å². The molecule has 55 heavy (non-hydrogen) atoms. The van der Waals surface area contributed by atoms with E-state index in [4.69, 9.17) is 18.9 Å². The number of nitrogens with zero attached hydrogens (tertiary/aromatic N) is 3. The molecule has 292 valence electrons. The van der Waals surface area contributed by atoms with Gasteiger partial charge < -0.3 is 33.7 Å². The Balaban J connectivity index is 1.29. The highest BCUT2D eigenvalue weighted by Crippen LogP contribution is 2.81. The molecule has 2 aromatic carbocycles. The summed E-state index contributed by atoms with van der Waals surface area (Å²) in [5.41, 5.74) is -0.287. The van der Waals surface area contributed by atoms with E-state index in [-0.39, 0.29) is 17.8 Å². The second-order valence-electron chi connectivity index (χ2n) is 17.7. The van der Waals surface area contributed by atoms with Gasteiger partial charge >= 0.3 is 11.9 Å². The van der Waals surface area contributed by atoms with E-state index in [2.05, 4.69) is 52.9 Å². The molecule has 11 heteroatoms. The number of nitrogens with one attached hydrogen (secondary N) is 1. The minimum atomic E-state index is -1.33. The van der Waals surface area contributed by atoms with Crippen LogP contribution in [0.4, 0.5) is 5.69 Å². The van der Waals surface area contributed by atoms with Crippen molar-refractivity contribution in [3.63, 3.8) is 0 Å². The van der Waals surface area contributed by atoms with Gasteiger partial charge in [-0.25, -0.2) is 4.79 Å². The maximum Gasteiger partial charge on any atom is 0.340 e. The molecular formula is C44H54N4O7. The molecule has 2 spiro atoms. The molecule has 10 atom stereocenters. The monoisotopic (exact) mass is 750 g/mol. The predicted octanol–water partition coefficient (Wildman–Crippen LogP) is 5.61. The Morgan fingerprint density at radius 3 is 2.55 bits per heavy atom. The summed E-state index contributed by atoms with van der Waals surface area (Å²) in [7, 11) is 6.64. The molecule has 7 aliphatic rings. The Hall–Kier alpha value is -4.09. The van der Waals surface area contributed by atoms with Crippen LogP contribution in [0, 0.1) is 11.3 Å². The zero-order valence-corrected chi connectivity index (χ0v) is 33.0. The lowest BCUT2D eigenvalue weighted by atomic mass is 9.49. The Kier molecular flexibility index (Phi) is 7.53. The highest BCUT2D eigenvalue weighted by molar-refractivity contribution is 5.94. The SMILES string of the molecule is CCC1CCC2CN1CCc1c([nH]c3ccccc13)[C@@](C(=O)OC)(C1CC34c5ccc(OC)cc5N(C)[C@H]3[C@@]3(C(=O)OC)C[C@]5(CC)CCC(=O)N1[C@@]45O3)C2. The van der Waals surface area contributed by atoms with Crippen LogP contribution in [0.2, 0.25) is 0 Å². The third kappa shape index (κ3) is 3.92. The van der Waals surface area contributed by atoms with E-state index in [1.165, 1.54) is 14.2 Å². The summed E-state index contributed by atoms with van der Waals surface area (Å²) in [4.78, 5) is 56.0. The fourth-order valence-electron chi connectivity index (χ4n) is 14.2. The number of hydrogen-bond donors (Lipinski definition) is 1. The van der Waals surface area contributed by atoms with Gasteiger partial charge in [-0.1, -0.05) is 38.1 Å². The molecule has 7 aliphatic heterocycles. The molecule has 5 unspecified atom stereocenters. The molecule has 0 saturated carbocycles. The topological polar surface area (TPSA) is 114 Å². The molecule has 5 saturated heterocycles. The van der Waals surface area contributed by atoms with E-state index < -0.39 is 45.6 Å². The van der Waals surface area contributed by atoms with Gasteiger partial charge in [0.2, 0.25) is 5.91 Å². The number of para-hydroxylation sites is 1. The number of anilines is 1. The number of rotatable bonds is 6. The van der Waals surface area contributed by atoms with Crippen molar-refractivity contribution in [2.45, 2.75) is 118 Å². The first-order valence-electron chi connectivity index (χ1n) is 20.5. The normalized spacial score (nSPS) is 39.5. The van der Waals surface area contributed by atoms with Gasteiger partial charge in [0.1, 0.15) is 11.2 Å². The molecule has 11 nitrogen and oxygen atoms in total. The lowest BCUT2D eigenvalue weighted by molar-refractivity contribution is -0.221. The summed E-state index contributed by atoms with van der Waals surface area (Å²) in [5.74, 6) is 0.149. The van der Waals surface area contributed by atoms with Crippen molar-refractivity contribution in [1.29, 1.82) is 0 Å². The highest BCUT2D eigenvalue weighted by Gasteiger charge is 2.94. The number of carbonyl (C=O) groups is 3. The maximum absolute atomic E-state index is 15.5. The minimum absolute atomic E-state index is 0.0333. The number of likely N-dealkylation sites (N-methyl/N-ethyl adjacent to an activating group) is 1. The van der Waals surface area contributed by atoms with Crippen LogP contribution in [0.25, 0.3) is 10.9 Å². The predicted molar refractivity (Wildman–Crippen MR) is 206 cm³/mol.